The molecule has 0 saturated carbocycles. The maximum Gasteiger partial charge on any atom is 0.0921 e. The zero-order chi connectivity index (χ0) is 10.6. The van der Waals surface area contributed by atoms with Crippen molar-refractivity contribution in [3.63, 3.8) is 0 Å². The lowest BCUT2D eigenvalue weighted by atomic mass is 9.93. The van der Waals surface area contributed by atoms with Crippen LogP contribution in [-0.4, -0.2) is 18.8 Å². The van der Waals surface area contributed by atoms with Gasteiger partial charge in [0.25, 0.3) is 0 Å². The number of aliphatic hydroxyl groups excluding tert-OH is 1. The lowest BCUT2D eigenvalue weighted by Gasteiger charge is -2.28. The summed E-state index contributed by atoms with van der Waals surface area (Å²) in [6.45, 7) is 2.03. The van der Waals surface area contributed by atoms with Crippen molar-refractivity contribution in [1.82, 2.24) is 0 Å². The van der Waals surface area contributed by atoms with E-state index in [2.05, 4.69) is 0 Å². The number of methoxy groups -OCH3 is 1. The lowest BCUT2D eigenvalue weighted by molar-refractivity contribution is -0.0173. The summed E-state index contributed by atoms with van der Waals surface area (Å²) in [5.74, 6) is 0. The number of rotatable bonds is 4. The van der Waals surface area contributed by atoms with Gasteiger partial charge in [0, 0.05) is 25.2 Å². The zero-order valence-corrected chi connectivity index (χ0v) is 9.21. The highest BCUT2D eigenvalue weighted by atomic mass is 35.5. The molecule has 0 aromatic heterocycles. The summed E-state index contributed by atoms with van der Waals surface area (Å²) >= 11 is 5.89. The van der Waals surface area contributed by atoms with Crippen molar-refractivity contribution in [2.24, 2.45) is 0 Å². The Kier molecular flexibility index (Phi) is 3.93. The fourth-order valence-electron chi connectivity index (χ4n) is 1.40. The van der Waals surface area contributed by atoms with E-state index >= 15 is 0 Å². The van der Waals surface area contributed by atoms with Gasteiger partial charge in [-0.15, -0.1) is 0 Å². The van der Waals surface area contributed by atoms with Crippen LogP contribution < -0.4 is 0 Å². The average Bonchev–Trinajstić information content (AvgIpc) is 2.18. The first-order valence-electron chi connectivity index (χ1n) is 4.54. The van der Waals surface area contributed by atoms with Crippen LogP contribution in [0.2, 0.25) is 5.02 Å². The summed E-state index contributed by atoms with van der Waals surface area (Å²) in [5.41, 5.74) is 0.529. The Labute approximate surface area is 89.5 Å². The third-order valence-electron chi connectivity index (χ3n) is 2.47. The molecule has 1 N–H and O–H groups in total. The van der Waals surface area contributed by atoms with Crippen LogP contribution in [0.1, 0.15) is 18.9 Å². The van der Waals surface area contributed by atoms with Crippen LogP contribution in [0.15, 0.2) is 24.3 Å². The Morgan fingerprint density at radius 3 is 2.71 bits per heavy atom. The molecule has 0 spiro atoms. The van der Waals surface area contributed by atoms with E-state index in [4.69, 9.17) is 21.4 Å². The van der Waals surface area contributed by atoms with E-state index in [-0.39, 0.29) is 6.61 Å². The number of hydrogen-bond acceptors (Lipinski definition) is 2. The van der Waals surface area contributed by atoms with E-state index in [1.54, 1.807) is 7.11 Å². The molecule has 0 radical (unpaired) electrons. The van der Waals surface area contributed by atoms with Gasteiger partial charge in [-0.3, -0.25) is 0 Å². The number of aliphatic hydroxyl groups is 1. The van der Waals surface area contributed by atoms with Crippen molar-refractivity contribution < 1.29 is 9.84 Å². The van der Waals surface area contributed by atoms with Crippen LogP contribution in [0.3, 0.4) is 0 Å². The van der Waals surface area contributed by atoms with Gasteiger partial charge in [0.1, 0.15) is 0 Å². The second-order valence-electron chi connectivity index (χ2n) is 3.42. The normalized spacial score (nSPS) is 15.1. The van der Waals surface area contributed by atoms with Crippen molar-refractivity contribution in [3.8, 4) is 0 Å². The largest absolute Gasteiger partial charge is 0.396 e. The van der Waals surface area contributed by atoms with E-state index in [9.17, 15) is 0 Å². The Morgan fingerprint density at radius 2 is 2.21 bits per heavy atom. The number of benzene rings is 1. The summed E-state index contributed by atoms with van der Waals surface area (Å²) in [5, 5.41) is 9.63. The molecule has 1 unspecified atom stereocenters. The number of ether oxygens (including phenoxy) is 1. The van der Waals surface area contributed by atoms with Crippen molar-refractivity contribution in [2.45, 2.75) is 18.9 Å². The Balaban J connectivity index is 2.99. The molecule has 1 atom stereocenters. The monoisotopic (exact) mass is 214 g/mol. The molecule has 0 fully saturated rings. The van der Waals surface area contributed by atoms with Crippen LogP contribution in [-0.2, 0) is 10.3 Å². The van der Waals surface area contributed by atoms with Crippen molar-refractivity contribution in [2.75, 3.05) is 13.7 Å². The summed E-state index contributed by atoms with van der Waals surface area (Å²) in [6, 6.07) is 7.51. The molecule has 0 saturated heterocycles. The lowest BCUT2D eigenvalue weighted by Crippen LogP contribution is -2.25. The maximum absolute atomic E-state index is 8.95. The molecular formula is C11H15ClO2. The first-order valence-corrected chi connectivity index (χ1v) is 4.92. The van der Waals surface area contributed by atoms with Gasteiger partial charge >= 0.3 is 0 Å². The SMILES string of the molecule is COC(C)(CCO)c1cccc(Cl)c1. The molecule has 14 heavy (non-hydrogen) atoms. The van der Waals surface area contributed by atoms with Crippen molar-refractivity contribution >= 4 is 11.6 Å². The molecule has 1 aromatic rings. The molecule has 0 amide bonds. The van der Waals surface area contributed by atoms with Gasteiger partial charge in [-0.25, -0.2) is 0 Å². The van der Waals surface area contributed by atoms with Gasteiger partial charge in [-0.1, -0.05) is 23.7 Å². The molecule has 78 valence electrons. The molecular weight excluding hydrogens is 200 g/mol. The quantitative estimate of drug-likeness (QED) is 0.835. The van der Waals surface area contributed by atoms with Crippen LogP contribution in [0.5, 0.6) is 0 Å². The van der Waals surface area contributed by atoms with Gasteiger partial charge in [0.2, 0.25) is 0 Å². The summed E-state index contributed by atoms with van der Waals surface area (Å²) in [7, 11) is 1.64. The van der Waals surface area contributed by atoms with Gasteiger partial charge in [-0.05, 0) is 24.6 Å². The highest BCUT2D eigenvalue weighted by Gasteiger charge is 2.25. The standard InChI is InChI=1S/C11H15ClO2/c1-11(14-2,6-7-13)9-4-3-5-10(12)8-9/h3-5,8,13H,6-7H2,1-2H3. The van der Waals surface area contributed by atoms with E-state index in [1.165, 1.54) is 0 Å². The Bertz CT molecular complexity index is 301. The summed E-state index contributed by atoms with van der Waals surface area (Å²) in [4.78, 5) is 0. The zero-order valence-electron chi connectivity index (χ0n) is 8.46. The van der Waals surface area contributed by atoms with E-state index in [0.717, 1.165) is 5.56 Å². The number of hydrogen-bond donors (Lipinski definition) is 1. The van der Waals surface area contributed by atoms with Gasteiger partial charge in [-0.2, -0.15) is 0 Å². The van der Waals surface area contributed by atoms with Gasteiger partial charge in [0.05, 0.1) is 5.60 Å². The summed E-state index contributed by atoms with van der Waals surface area (Å²) in [6.07, 6.45) is 0.559. The molecule has 1 rings (SSSR count). The fraction of sp³-hybridized carbons (Fsp3) is 0.455. The molecule has 0 heterocycles. The van der Waals surface area contributed by atoms with E-state index in [0.29, 0.717) is 11.4 Å². The van der Waals surface area contributed by atoms with Crippen molar-refractivity contribution in [1.29, 1.82) is 0 Å². The third-order valence-corrected chi connectivity index (χ3v) is 2.71. The Morgan fingerprint density at radius 1 is 1.50 bits per heavy atom. The van der Waals surface area contributed by atoms with Gasteiger partial charge in [0.15, 0.2) is 0 Å². The van der Waals surface area contributed by atoms with Crippen LogP contribution in [0, 0.1) is 0 Å². The first kappa shape index (κ1) is 11.5. The molecule has 0 aliphatic heterocycles. The fourth-order valence-corrected chi connectivity index (χ4v) is 1.59. The second kappa shape index (κ2) is 4.78. The molecule has 0 aliphatic rings. The highest BCUT2D eigenvalue weighted by molar-refractivity contribution is 6.30. The smallest absolute Gasteiger partial charge is 0.0921 e. The molecule has 1 aromatic carbocycles. The average molecular weight is 215 g/mol. The minimum Gasteiger partial charge on any atom is -0.396 e. The Hall–Kier alpha value is -0.570. The second-order valence-corrected chi connectivity index (χ2v) is 3.86. The molecule has 0 bridgehead atoms. The topological polar surface area (TPSA) is 29.5 Å². The first-order chi connectivity index (χ1) is 6.62. The highest BCUT2D eigenvalue weighted by Crippen LogP contribution is 2.29. The number of halogens is 1. The van der Waals surface area contributed by atoms with Crippen LogP contribution in [0.25, 0.3) is 0 Å². The van der Waals surface area contributed by atoms with Crippen molar-refractivity contribution in [3.05, 3.63) is 34.9 Å². The van der Waals surface area contributed by atoms with E-state index in [1.807, 2.05) is 31.2 Å². The predicted octanol–water partition coefficient (Wildman–Crippen LogP) is 2.58. The van der Waals surface area contributed by atoms with Crippen LogP contribution >= 0.6 is 11.6 Å². The predicted molar refractivity (Wildman–Crippen MR) is 57.5 cm³/mol. The van der Waals surface area contributed by atoms with Gasteiger partial charge < -0.3 is 9.84 Å². The maximum atomic E-state index is 8.95. The minimum atomic E-state index is -0.459. The van der Waals surface area contributed by atoms with Crippen LogP contribution in [0.4, 0.5) is 0 Å². The molecule has 0 aliphatic carbocycles. The third kappa shape index (κ3) is 2.47. The summed E-state index contributed by atoms with van der Waals surface area (Å²) < 4.78 is 5.40. The van der Waals surface area contributed by atoms with E-state index < -0.39 is 5.60 Å². The molecule has 2 nitrogen and oxygen atoms in total. The minimum absolute atomic E-state index is 0.0941. The molecule has 3 heteroatoms.